The lowest BCUT2D eigenvalue weighted by molar-refractivity contribution is 0.580. The molecule has 0 aliphatic rings. The zero-order valence-corrected chi connectivity index (χ0v) is 12.1. The molecule has 2 aromatic rings. The molecule has 102 valence electrons. The van der Waals surface area contributed by atoms with E-state index in [1.807, 2.05) is 6.92 Å². The molecule has 1 heterocycles. The molecule has 19 heavy (non-hydrogen) atoms. The molecule has 3 N–H and O–H groups in total. The van der Waals surface area contributed by atoms with E-state index in [1.54, 1.807) is 30.5 Å². The van der Waals surface area contributed by atoms with Crippen molar-refractivity contribution in [3.8, 4) is 0 Å². The van der Waals surface area contributed by atoms with Gasteiger partial charge in [0.25, 0.3) is 0 Å². The van der Waals surface area contributed by atoms with Gasteiger partial charge in [-0.1, -0.05) is 18.2 Å². The van der Waals surface area contributed by atoms with Crippen molar-refractivity contribution in [1.82, 2.24) is 9.71 Å². The van der Waals surface area contributed by atoms with Gasteiger partial charge in [0.15, 0.2) is 0 Å². The van der Waals surface area contributed by atoms with E-state index in [-0.39, 0.29) is 12.3 Å². The van der Waals surface area contributed by atoms with Gasteiger partial charge in [-0.3, -0.25) is 0 Å². The molecule has 0 atom stereocenters. The molecule has 0 saturated carbocycles. The van der Waals surface area contributed by atoms with Gasteiger partial charge in [0.1, 0.15) is 5.01 Å². The number of para-hydroxylation sites is 1. The number of nitrogens with one attached hydrogen (secondary N) is 1. The molecule has 1 aromatic heterocycles. The Labute approximate surface area is 116 Å². The first-order chi connectivity index (χ1) is 8.96. The van der Waals surface area contributed by atoms with Gasteiger partial charge in [-0.15, -0.1) is 11.3 Å². The largest absolute Gasteiger partial charge is 0.398 e. The molecular formula is C12H15N3O2S2. The summed E-state index contributed by atoms with van der Waals surface area (Å²) in [4.78, 5) is 5.17. The number of thiazole rings is 1. The average Bonchev–Trinajstić information content (AvgIpc) is 2.76. The fourth-order valence-electron chi connectivity index (χ4n) is 1.58. The Morgan fingerprint density at radius 1 is 1.37 bits per heavy atom. The third kappa shape index (κ3) is 4.02. The quantitative estimate of drug-likeness (QED) is 0.822. The summed E-state index contributed by atoms with van der Waals surface area (Å²) in [6.07, 6.45) is 1.73. The van der Waals surface area contributed by atoms with E-state index in [0.29, 0.717) is 11.3 Å². The number of benzene rings is 1. The van der Waals surface area contributed by atoms with Gasteiger partial charge >= 0.3 is 0 Å². The Kier molecular flexibility index (Phi) is 4.18. The van der Waals surface area contributed by atoms with Crippen molar-refractivity contribution in [3.05, 3.63) is 45.9 Å². The summed E-state index contributed by atoms with van der Waals surface area (Å²) in [5.41, 5.74) is 6.82. The standard InChI is InChI=1S/C12H15N3O2S2/c1-9-6-14-12(18-9)7-15-19(16,17)8-10-4-2-3-5-11(10)13/h2-6,15H,7-8,13H2,1H3. The van der Waals surface area contributed by atoms with Crippen molar-refractivity contribution in [3.63, 3.8) is 0 Å². The molecule has 0 spiro atoms. The Balaban J connectivity index is 2.01. The lowest BCUT2D eigenvalue weighted by atomic mass is 10.2. The van der Waals surface area contributed by atoms with Crippen molar-refractivity contribution >= 4 is 27.0 Å². The predicted octanol–water partition coefficient (Wildman–Crippen LogP) is 1.65. The van der Waals surface area contributed by atoms with Crippen molar-refractivity contribution in [2.24, 2.45) is 0 Å². The molecule has 0 saturated heterocycles. The summed E-state index contributed by atoms with van der Waals surface area (Å²) in [5.74, 6) is -0.121. The lowest BCUT2D eigenvalue weighted by Crippen LogP contribution is -2.25. The van der Waals surface area contributed by atoms with Crippen molar-refractivity contribution in [1.29, 1.82) is 0 Å². The number of nitrogens with two attached hydrogens (primary N) is 1. The van der Waals surface area contributed by atoms with E-state index in [2.05, 4.69) is 9.71 Å². The molecule has 7 heteroatoms. The summed E-state index contributed by atoms with van der Waals surface area (Å²) >= 11 is 1.48. The molecule has 0 bridgehead atoms. The molecule has 0 fully saturated rings. The van der Waals surface area contributed by atoms with Gasteiger partial charge in [-0.05, 0) is 18.6 Å². The first kappa shape index (κ1) is 14.0. The number of aryl methyl sites for hydroxylation is 1. The molecule has 0 aliphatic carbocycles. The Morgan fingerprint density at radius 2 is 2.11 bits per heavy atom. The first-order valence-corrected chi connectivity index (χ1v) is 8.15. The van der Waals surface area contributed by atoms with Gasteiger partial charge in [0.2, 0.25) is 10.0 Å². The first-order valence-electron chi connectivity index (χ1n) is 5.68. The van der Waals surface area contributed by atoms with Crippen LogP contribution in [0, 0.1) is 6.92 Å². The van der Waals surface area contributed by atoms with E-state index in [4.69, 9.17) is 5.73 Å². The summed E-state index contributed by atoms with van der Waals surface area (Å²) in [6, 6.07) is 6.94. The fourth-order valence-corrected chi connectivity index (χ4v) is 3.53. The Morgan fingerprint density at radius 3 is 2.74 bits per heavy atom. The molecule has 0 aliphatic heterocycles. The maximum absolute atomic E-state index is 11.9. The van der Waals surface area contributed by atoms with Crippen LogP contribution in [0.25, 0.3) is 0 Å². The van der Waals surface area contributed by atoms with Crippen LogP contribution in [-0.2, 0) is 22.3 Å². The van der Waals surface area contributed by atoms with Crippen LogP contribution < -0.4 is 10.5 Å². The van der Waals surface area contributed by atoms with Gasteiger partial charge in [0.05, 0.1) is 12.3 Å². The summed E-state index contributed by atoms with van der Waals surface area (Å²) < 4.78 is 26.4. The van der Waals surface area contributed by atoms with Crippen molar-refractivity contribution in [2.45, 2.75) is 19.2 Å². The third-order valence-electron chi connectivity index (χ3n) is 2.51. The molecule has 0 amide bonds. The molecular weight excluding hydrogens is 282 g/mol. The Bertz CT molecular complexity index is 665. The van der Waals surface area contributed by atoms with E-state index < -0.39 is 10.0 Å². The van der Waals surface area contributed by atoms with Gasteiger partial charge in [0, 0.05) is 16.8 Å². The number of nitrogens with zero attached hydrogens (tertiary/aromatic N) is 1. The minimum Gasteiger partial charge on any atom is -0.398 e. The minimum absolute atomic E-state index is 0.121. The second-order valence-electron chi connectivity index (χ2n) is 4.14. The fraction of sp³-hybridized carbons (Fsp3) is 0.250. The average molecular weight is 297 g/mol. The highest BCUT2D eigenvalue weighted by molar-refractivity contribution is 7.88. The number of nitrogen functional groups attached to an aromatic ring is 1. The van der Waals surface area contributed by atoms with Crippen LogP contribution >= 0.6 is 11.3 Å². The van der Waals surface area contributed by atoms with E-state index in [9.17, 15) is 8.42 Å². The topological polar surface area (TPSA) is 85.1 Å². The number of aromatic nitrogens is 1. The number of sulfonamides is 1. The molecule has 5 nitrogen and oxygen atoms in total. The number of hydrogen-bond donors (Lipinski definition) is 2. The zero-order chi connectivity index (χ0) is 13.9. The summed E-state index contributed by atoms with van der Waals surface area (Å²) in [6.45, 7) is 2.15. The number of rotatable bonds is 5. The van der Waals surface area contributed by atoms with Crippen LogP contribution in [-0.4, -0.2) is 13.4 Å². The highest BCUT2D eigenvalue weighted by Crippen LogP contribution is 2.15. The lowest BCUT2D eigenvalue weighted by Gasteiger charge is -2.07. The SMILES string of the molecule is Cc1cnc(CNS(=O)(=O)Cc2ccccc2N)s1. The molecule has 1 aromatic carbocycles. The van der Waals surface area contributed by atoms with Crippen LogP contribution in [0.1, 0.15) is 15.4 Å². The minimum atomic E-state index is -3.41. The monoisotopic (exact) mass is 297 g/mol. The van der Waals surface area contributed by atoms with Crippen LogP contribution in [0.3, 0.4) is 0 Å². The van der Waals surface area contributed by atoms with Crippen LogP contribution in [0.15, 0.2) is 30.5 Å². The summed E-state index contributed by atoms with van der Waals surface area (Å²) in [7, 11) is -3.41. The van der Waals surface area contributed by atoms with Crippen LogP contribution in [0.5, 0.6) is 0 Å². The van der Waals surface area contributed by atoms with Gasteiger partial charge in [-0.25, -0.2) is 18.1 Å². The maximum atomic E-state index is 11.9. The smallest absolute Gasteiger partial charge is 0.216 e. The highest BCUT2D eigenvalue weighted by atomic mass is 32.2. The van der Waals surface area contributed by atoms with E-state index in [1.165, 1.54) is 11.3 Å². The zero-order valence-electron chi connectivity index (χ0n) is 10.5. The van der Waals surface area contributed by atoms with Crippen molar-refractivity contribution < 1.29 is 8.42 Å². The van der Waals surface area contributed by atoms with Crippen LogP contribution in [0.2, 0.25) is 0 Å². The van der Waals surface area contributed by atoms with Gasteiger partial charge in [-0.2, -0.15) is 0 Å². The van der Waals surface area contributed by atoms with E-state index in [0.717, 1.165) is 9.88 Å². The molecule has 0 radical (unpaired) electrons. The van der Waals surface area contributed by atoms with Crippen LogP contribution in [0.4, 0.5) is 5.69 Å². The molecule has 2 rings (SSSR count). The van der Waals surface area contributed by atoms with E-state index >= 15 is 0 Å². The second kappa shape index (κ2) is 5.68. The normalized spacial score (nSPS) is 11.6. The van der Waals surface area contributed by atoms with Gasteiger partial charge < -0.3 is 5.73 Å². The maximum Gasteiger partial charge on any atom is 0.216 e. The Hall–Kier alpha value is -1.44. The summed E-state index contributed by atoms with van der Waals surface area (Å²) in [5, 5.41) is 0.752. The number of anilines is 1. The predicted molar refractivity (Wildman–Crippen MR) is 77.2 cm³/mol. The molecule has 0 unspecified atom stereocenters. The third-order valence-corrected chi connectivity index (χ3v) is 4.70. The highest BCUT2D eigenvalue weighted by Gasteiger charge is 2.13. The second-order valence-corrected chi connectivity index (χ2v) is 7.27. The van der Waals surface area contributed by atoms with Crippen molar-refractivity contribution in [2.75, 3.05) is 5.73 Å². The number of hydrogen-bond acceptors (Lipinski definition) is 5.